The lowest BCUT2D eigenvalue weighted by molar-refractivity contribution is 0.183. The molecule has 6 heteroatoms. The summed E-state index contributed by atoms with van der Waals surface area (Å²) in [6, 6.07) is 0. The number of hydrogen-bond donors (Lipinski definition) is 3. The SMILES string of the molecule is CCCNc1ncnc(NCCCC(C)O)c1Br. The molecular weight excluding hydrogens is 296 g/mol. The van der Waals surface area contributed by atoms with Crippen molar-refractivity contribution >= 4 is 27.6 Å². The van der Waals surface area contributed by atoms with Crippen LogP contribution in [0, 0.1) is 0 Å². The number of aromatic nitrogens is 2. The molecule has 0 aliphatic carbocycles. The van der Waals surface area contributed by atoms with E-state index >= 15 is 0 Å². The number of nitrogens with one attached hydrogen (secondary N) is 2. The van der Waals surface area contributed by atoms with E-state index in [1.54, 1.807) is 13.3 Å². The summed E-state index contributed by atoms with van der Waals surface area (Å²) in [5, 5.41) is 15.6. The van der Waals surface area contributed by atoms with E-state index in [9.17, 15) is 5.11 Å². The van der Waals surface area contributed by atoms with Gasteiger partial charge < -0.3 is 15.7 Å². The van der Waals surface area contributed by atoms with Crippen molar-refractivity contribution in [3.05, 3.63) is 10.8 Å². The largest absolute Gasteiger partial charge is 0.393 e. The molecule has 0 aromatic carbocycles. The Balaban J connectivity index is 2.49. The number of aliphatic hydroxyl groups is 1. The highest BCUT2D eigenvalue weighted by atomic mass is 79.9. The fourth-order valence-electron chi connectivity index (χ4n) is 1.46. The maximum absolute atomic E-state index is 9.17. The van der Waals surface area contributed by atoms with Gasteiger partial charge in [-0.1, -0.05) is 6.92 Å². The Morgan fingerprint density at radius 1 is 1.28 bits per heavy atom. The van der Waals surface area contributed by atoms with Crippen molar-refractivity contribution < 1.29 is 5.11 Å². The van der Waals surface area contributed by atoms with Crippen LogP contribution in [0.3, 0.4) is 0 Å². The molecule has 3 N–H and O–H groups in total. The van der Waals surface area contributed by atoms with Crippen LogP contribution in [0.25, 0.3) is 0 Å². The first-order valence-corrected chi connectivity index (χ1v) is 7.10. The van der Waals surface area contributed by atoms with E-state index in [0.29, 0.717) is 0 Å². The standard InChI is InChI=1S/C12H21BrN4O/c1-3-6-14-11-10(13)12(17-8-16-11)15-7-4-5-9(2)18/h8-9,18H,3-7H2,1-2H3,(H2,14,15,16,17). The molecule has 1 aromatic rings. The van der Waals surface area contributed by atoms with Gasteiger partial charge in [0.25, 0.3) is 0 Å². The lowest BCUT2D eigenvalue weighted by Gasteiger charge is -2.11. The van der Waals surface area contributed by atoms with E-state index in [2.05, 4.69) is 43.5 Å². The van der Waals surface area contributed by atoms with Crippen molar-refractivity contribution in [3.8, 4) is 0 Å². The van der Waals surface area contributed by atoms with Crippen molar-refractivity contribution in [2.45, 2.75) is 39.2 Å². The summed E-state index contributed by atoms with van der Waals surface area (Å²) in [4.78, 5) is 8.38. The van der Waals surface area contributed by atoms with Gasteiger partial charge in [0.2, 0.25) is 0 Å². The van der Waals surface area contributed by atoms with Crippen LogP contribution in [0.5, 0.6) is 0 Å². The smallest absolute Gasteiger partial charge is 0.145 e. The molecule has 0 aliphatic rings. The van der Waals surface area contributed by atoms with E-state index in [1.807, 2.05) is 0 Å². The lowest BCUT2D eigenvalue weighted by atomic mass is 10.2. The Bertz CT molecular complexity index is 360. The molecule has 0 saturated carbocycles. The van der Waals surface area contributed by atoms with Crippen molar-refractivity contribution in [2.75, 3.05) is 23.7 Å². The van der Waals surface area contributed by atoms with E-state index in [4.69, 9.17) is 0 Å². The molecule has 1 rings (SSSR count). The summed E-state index contributed by atoms with van der Waals surface area (Å²) < 4.78 is 0.857. The molecule has 1 unspecified atom stereocenters. The minimum absolute atomic E-state index is 0.248. The van der Waals surface area contributed by atoms with Crippen molar-refractivity contribution in [2.24, 2.45) is 0 Å². The summed E-state index contributed by atoms with van der Waals surface area (Å²) in [5.41, 5.74) is 0. The lowest BCUT2D eigenvalue weighted by Crippen LogP contribution is -2.10. The van der Waals surface area contributed by atoms with Gasteiger partial charge in [0.05, 0.1) is 6.10 Å². The van der Waals surface area contributed by atoms with Crippen LogP contribution >= 0.6 is 15.9 Å². The molecule has 0 saturated heterocycles. The topological polar surface area (TPSA) is 70.1 Å². The van der Waals surface area contributed by atoms with Crippen LogP contribution in [0.4, 0.5) is 11.6 Å². The minimum atomic E-state index is -0.248. The molecule has 0 radical (unpaired) electrons. The monoisotopic (exact) mass is 316 g/mol. The Hall–Kier alpha value is -0.880. The Kier molecular flexibility index (Phi) is 6.97. The van der Waals surface area contributed by atoms with Crippen molar-refractivity contribution in [3.63, 3.8) is 0 Å². The minimum Gasteiger partial charge on any atom is -0.393 e. The predicted molar refractivity (Wildman–Crippen MR) is 77.9 cm³/mol. The van der Waals surface area contributed by atoms with Crippen molar-refractivity contribution in [1.82, 2.24) is 9.97 Å². The summed E-state index contributed by atoms with van der Waals surface area (Å²) in [6.45, 7) is 5.58. The summed E-state index contributed by atoms with van der Waals surface area (Å²) in [7, 11) is 0. The Morgan fingerprint density at radius 2 is 1.89 bits per heavy atom. The predicted octanol–water partition coefficient (Wildman–Crippen LogP) is 2.63. The second-order valence-electron chi connectivity index (χ2n) is 4.23. The average Bonchev–Trinajstić information content (AvgIpc) is 2.34. The van der Waals surface area contributed by atoms with Gasteiger partial charge in [0.1, 0.15) is 22.4 Å². The van der Waals surface area contributed by atoms with Crippen LogP contribution in [-0.4, -0.2) is 34.3 Å². The van der Waals surface area contributed by atoms with Crippen LogP contribution in [0.15, 0.2) is 10.8 Å². The molecule has 1 heterocycles. The zero-order valence-corrected chi connectivity index (χ0v) is 12.5. The second-order valence-corrected chi connectivity index (χ2v) is 5.02. The van der Waals surface area contributed by atoms with Gasteiger partial charge in [-0.25, -0.2) is 9.97 Å². The Labute approximate surface area is 117 Å². The van der Waals surface area contributed by atoms with E-state index in [-0.39, 0.29) is 6.10 Å². The van der Waals surface area contributed by atoms with Crippen LogP contribution in [0.2, 0.25) is 0 Å². The van der Waals surface area contributed by atoms with Crippen LogP contribution in [0.1, 0.15) is 33.1 Å². The molecule has 0 bridgehead atoms. The second kappa shape index (κ2) is 8.26. The number of nitrogens with zero attached hydrogens (tertiary/aromatic N) is 2. The highest BCUT2D eigenvalue weighted by Gasteiger charge is 2.07. The molecule has 0 fully saturated rings. The van der Waals surface area contributed by atoms with Gasteiger partial charge in [0.15, 0.2) is 0 Å². The molecule has 1 aromatic heterocycles. The van der Waals surface area contributed by atoms with Crippen molar-refractivity contribution in [1.29, 1.82) is 0 Å². The first-order chi connectivity index (χ1) is 8.65. The third-order valence-electron chi connectivity index (χ3n) is 2.42. The molecule has 0 aliphatic heterocycles. The number of anilines is 2. The zero-order valence-electron chi connectivity index (χ0n) is 10.9. The molecule has 0 spiro atoms. The molecule has 18 heavy (non-hydrogen) atoms. The van der Waals surface area contributed by atoms with E-state index < -0.39 is 0 Å². The first kappa shape index (κ1) is 15.2. The van der Waals surface area contributed by atoms with Gasteiger partial charge in [-0.2, -0.15) is 0 Å². The van der Waals surface area contributed by atoms with Gasteiger partial charge in [-0.05, 0) is 42.1 Å². The van der Waals surface area contributed by atoms with Gasteiger partial charge in [-0.3, -0.25) is 0 Å². The number of hydrogen-bond acceptors (Lipinski definition) is 5. The molecule has 0 amide bonds. The number of aliphatic hydroxyl groups excluding tert-OH is 1. The fraction of sp³-hybridized carbons (Fsp3) is 0.667. The van der Waals surface area contributed by atoms with Gasteiger partial charge >= 0.3 is 0 Å². The van der Waals surface area contributed by atoms with Gasteiger partial charge in [-0.15, -0.1) is 0 Å². The zero-order chi connectivity index (χ0) is 13.4. The van der Waals surface area contributed by atoms with Gasteiger partial charge in [0, 0.05) is 13.1 Å². The third kappa shape index (κ3) is 5.18. The first-order valence-electron chi connectivity index (χ1n) is 6.31. The molecular formula is C12H21BrN4O. The maximum Gasteiger partial charge on any atom is 0.145 e. The molecule has 1 atom stereocenters. The Morgan fingerprint density at radius 3 is 2.44 bits per heavy atom. The number of rotatable bonds is 8. The highest BCUT2D eigenvalue weighted by molar-refractivity contribution is 9.10. The van der Waals surface area contributed by atoms with E-state index in [1.165, 1.54) is 0 Å². The molecule has 5 nitrogen and oxygen atoms in total. The fourth-order valence-corrected chi connectivity index (χ4v) is 1.95. The average molecular weight is 317 g/mol. The van der Waals surface area contributed by atoms with E-state index in [0.717, 1.165) is 48.5 Å². The maximum atomic E-state index is 9.17. The summed E-state index contributed by atoms with van der Waals surface area (Å²) >= 11 is 3.49. The number of halogens is 1. The van der Waals surface area contributed by atoms with Crippen LogP contribution < -0.4 is 10.6 Å². The molecule has 102 valence electrons. The summed E-state index contributed by atoms with van der Waals surface area (Å²) in [6.07, 6.45) is 4.04. The quantitative estimate of drug-likeness (QED) is 0.643. The normalized spacial score (nSPS) is 12.2. The highest BCUT2D eigenvalue weighted by Crippen LogP contribution is 2.26. The third-order valence-corrected chi connectivity index (χ3v) is 3.17. The van der Waals surface area contributed by atoms with Crippen LogP contribution in [-0.2, 0) is 0 Å². The summed E-state index contributed by atoms with van der Waals surface area (Å²) in [5.74, 6) is 1.60.